The van der Waals surface area contributed by atoms with E-state index in [1.807, 2.05) is 43.3 Å². The fourth-order valence-corrected chi connectivity index (χ4v) is 4.16. The van der Waals surface area contributed by atoms with Crippen molar-refractivity contribution in [3.05, 3.63) is 56.9 Å². The van der Waals surface area contributed by atoms with Gasteiger partial charge in [0.1, 0.15) is 6.61 Å². The highest BCUT2D eigenvalue weighted by Crippen LogP contribution is 2.38. The van der Waals surface area contributed by atoms with Gasteiger partial charge in [-0.2, -0.15) is 0 Å². The molecule has 1 fully saturated rings. The van der Waals surface area contributed by atoms with Crippen LogP contribution in [0.5, 0.6) is 11.5 Å². The first kappa shape index (κ1) is 22.0. The minimum Gasteiger partial charge on any atom is -0.490 e. The molecule has 2 aromatic rings. The molecule has 3 rings (SSSR count). The van der Waals surface area contributed by atoms with E-state index in [0.717, 1.165) is 17.7 Å². The summed E-state index contributed by atoms with van der Waals surface area (Å²) in [6.07, 6.45) is 8.05. The third kappa shape index (κ3) is 5.47. The number of hydrogen-bond acceptors (Lipinski definition) is 5. The van der Waals surface area contributed by atoms with Crippen LogP contribution in [0, 0.1) is 12.3 Å². The number of carbonyl (C=O) groups is 1. The molecule has 0 unspecified atom stereocenters. The number of rotatable bonds is 7. The fraction of sp³-hybridized carbons (Fsp3) is 0.217. The summed E-state index contributed by atoms with van der Waals surface area (Å²) in [5.41, 5.74) is 2.84. The Labute approximate surface area is 189 Å². The van der Waals surface area contributed by atoms with Gasteiger partial charge in [0.2, 0.25) is 0 Å². The molecule has 1 N–H and O–H groups in total. The highest BCUT2D eigenvalue weighted by atomic mass is 79.9. The zero-order valence-corrected chi connectivity index (χ0v) is 19.1. The lowest BCUT2D eigenvalue weighted by atomic mass is 10.2. The van der Waals surface area contributed by atoms with Crippen LogP contribution in [-0.4, -0.2) is 24.3 Å². The summed E-state index contributed by atoms with van der Waals surface area (Å²) in [5, 5.41) is 3.36. The van der Waals surface area contributed by atoms with Gasteiger partial charge in [-0.3, -0.25) is 4.79 Å². The van der Waals surface area contributed by atoms with Gasteiger partial charge in [0.05, 0.1) is 21.7 Å². The van der Waals surface area contributed by atoms with Gasteiger partial charge in [-0.25, -0.2) is 4.99 Å². The second-order valence-electron chi connectivity index (χ2n) is 6.26. The van der Waals surface area contributed by atoms with Crippen molar-refractivity contribution in [1.82, 2.24) is 5.32 Å². The first-order valence-corrected chi connectivity index (χ1v) is 11.1. The third-order valence-corrected chi connectivity index (χ3v) is 5.65. The molecular formula is C23H21BrN2O3S. The Morgan fingerprint density at radius 2 is 2.00 bits per heavy atom. The van der Waals surface area contributed by atoms with Gasteiger partial charge in [-0.1, -0.05) is 25.0 Å². The lowest BCUT2D eigenvalue weighted by Gasteiger charge is -2.13. The van der Waals surface area contributed by atoms with Gasteiger partial charge in [-0.05, 0) is 82.5 Å². The van der Waals surface area contributed by atoms with E-state index in [9.17, 15) is 4.79 Å². The second-order valence-corrected chi connectivity index (χ2v) is 8.14. The van der Waals surface area contributed by atoms with Crippen LogP contribution in [0.2, 0.25) is 0 Å². The van der Waals surface area contributed by atoms with Crippen molar-refractivity contribution in [3.63, 3.8) is 0 Å². The summed E-state index contributed by atoms with van der Waals surface area (Å²) in [7, 11) is 0. The van der Waals surface area contributed by atoms with Crippen molar-refractivity contribution >= 4 is 50.5 Å². The molecule has 0 aliphatic carbocycles. The largest absolute Gasteiger partial charge is 0.490 e. The van der Waals surface area contributed by atoms with E-state index >= 15 is 0 Å². The number of nitrogens with zero attached hydrogens (tertiary/aromatic N) is 1. The number of aliphatic imine (C=N–C) groups is 1. The summed E-state index contributed by atoms with van der Waals surface area (Å²) < 4.78 is 12.0. The number of thioether (sulfide) groups is 1. The van der Waals surface area contributed by atoms with Gasteiger partial charge in [-0.15, -0.1) is 6.42 Å². The molecule has 1 aliphatic rings. The van der Waals surface area contributed by atoms with Crippen molar-refractivity contribution < 1.29 is 14.3 Å². The Bertz CT molecular complexity index is 1040. The molecule has 0 saturated carbocycles. The van der Waals surface area contributed by atoms with Gasteiger partial charge >= 0.3 is 0 Å². The lowest BCUT2D eigenvalue weighted by Crippen LogP contribution is -2.19. The van der Waals surface area contributed by atoms with Crippen LogP contribution >= 0.6 is 27.7 Å². The average molecular weight is 485 g/mol. The molecule has 7 heteroatoms. The van der Waals surface area contributed by atoms with Gasteiger partial charge < -0.3 is 14.8 Å². The summed E-state index contributed by atoms with van der Waals surface area (Å²) in [5.74, 6) is 3.35. The van der Waals surface area contributed by atoms with Crippen molar-refractivity contribution in [1.29, 1.82) is 0 Å². The predicted octanol–water partition coefficient (Wildman–Crippen LogP) is 5.31. The maximum Gasteiger partial charge on any atom is 0.264 e. The molecular weight excluding hydrogens is 464 g/mol. The van der Waals surface area contributed by atoms with Gasteiger partial charge in [0.25, 0.3) is 5.91 Å². The third-order valence-electron chi connectivity index (χ3n) is 4.16. The number of halogens is 1. The summed E-state index contributed by atoms with van der Waals surface area (Å²) >= 11 is 4.79. The molecule has 154 valence electrons. The van der Waals surface area contributed by atoms with Crippen LogP contribution in [0.25, 0.3) is 6.08 Å². The number of nitrogens with one attached hydrogen (secondary N) is 1. The van der Waals surface area contributed by atoms with Crippen LogP contribution in [0.15, 0.2) is 50.8 Å². The molecule has 0 aromatic heterocycles. The molecule has 1 amide bonds. The van der Waals surface area contributed by atoms with E-state index in [4.69, 9.17) is 15.9 Å². The maximum atomic E-state index is 12.4. The van der Waals surface area contributed by atoms with Crippen molar-refractivity contribution in [2.75, 3.05) is 13.2 Å². The number of amides is 1. The molecule has 30 heavy (non-hydrogen) atoms. The van der Waals surface area contributed by atoms with Crippen LogP contribution in [0.3, 0.4) is 0 Å². The molecule has 0 spiro atoms. The monoisotopic (exact) mass is 484 g/mol. The SMILES string of the molecule is C#CCOc1c(Br)cc(/C=C2\SC(=Nc3ccc(CC)cc3)NC2=O)cc1OCC. The van der Waals surface area contributed by atoms with E-state index in [1.165, 1.54) is 17.3 Å². The molecule has 0 atom stereocenters. The zero-order chi connectivity index (χ0) is 21.5. The highest BCUT2D eigenvalue weighted by Gasteiger charge is 2.24. The van der Waals surface area contributed by atoms with Gasteiger partial charge in [0.15, 0.2) is 16.7 Å². The number of amidine groups is 1. The van der Waals surface area contributed by atoms with E-state index < -0.39 is 0 Å². The number of aryl methyl sites for hydroxylation is 1. The van der Waals surface area contributed by atoms with Crippen molar-refractivity contribution in [3.8, 4) is 23.8 Å². The van der Waals surface area contributed by atoms with Crippen LogP contribution in [0.1, 0.15) is 25.0 Å². The molecule has 0 bridgehead atoms. The van der Waals surface area contributed by atoms with Gasteiger partial charge in [0, 0.05) is 0 Å². The Kier molecular flexibility index (Phi) is 7.61. The first-order chi connectivity index (χ1) is 14.5. The Morgan fingerprint density at radius 3 is 2.67 bits per heavy atom. The first-order valence-electron chi connectivity index (χ1n) is 9.45. The fourth-order valence-electron chi connectivity index (χ4n) is 2.74. The Hall–Kier alpha value is -2.69. The summed E-state index contributed by atoms with van der Waals surface area (Å²) in [4.78, 5) is 17.5. The molecule has 1 aliphatic heterocycles. The second kappa shape index (κ2) is 10.4. The average Bonchev–Trinajstić information content (AvgIpc) is 3.07. The molecule has 1 heterocycles. The minimum atomic E-state index is -0.189. The molecule has 1 saturated heterocycles. The van der Waals surface area contributed by atoms with E-state index in [-0.39, 0.29) is 12.5 Å². The van der Waals surface area contributed by atoms with Crippen LogP contribution in [0.4, 0.5) is 5.69 Å². The van der Waals surface area contributed by atoms with E-state index in [0.29, 0.717) is 32.7 Å². The van der Waals surface area contributed by atoms with Crippen molar-refractivity contribution in [2.45, 2.75) is 20.3 Å². The van der Waals surface area contributed by atoms with E-state index in [1.54, 1.807) is 6.08 Å². The number of ether oxygens (including phenoxy) is 2. The lowest BCUT2D eigenvalue weighted by molar-refractivity contribution is -0.115. The maximum absolute atomic E-state index is 12.4. The number of terminal acetylenes is 1. The Morgan fingerprint density at radius 1 is 1.23 bits per heavy atom. The topological polar surface area (TPSA) is 59.9 Å². The number of carbonyl (C=O) groups excluding carboxylic acids is 1. The summed E-state index contributed by atoms with van der Waals surface area (Å²) in [6.45, 7) is 4.60. The number of benzene rings is 2. The molecule has 2 aromatic carbocycles. The predicted molar refractivity (Wildman–Crippen MR) is 126 cm³/mol. The van der Waals surface area contributed by atoms with Crippen LogP contribution in [-0.2, 0) is 11.2 Å². The zero-order valence-electron chi connectivity index (χ0n) is 16.7. The Balaban J connectivity index is 1.84. The van der Waals surface area contributed by atoms with Crippen molar-refractivity contribution in [2.24, 2.45) is 4.99 Å². The molecule has 0 radical (unpaired) electrons. The standard InChI is InChI=1S/C23H21BrN2O3S/c1-4-11-29-21-18(24)12-16(13-19(21)28-6-3)14-20-22(27)26-23(30-20)25-17-9-7-15(5-2)8-10-17/h1,7-10,12-14H,5-6,11H2,2-3H3,(H,25,26,27)/b20-14-. The quantitative estimate of drug-likeness (QED) is 0.427. The summed E-state index contributed by atoms with van der Waals surface area (Å²) in [6, 6.07) is 11.6. The van der Waals surface area contributed by atoms with E-state index in [2.05, 4.69) is 39.1 Å². The number of hydrogen-bond donors (Lipinski definition) is 1. The normalized spacial score (nSPS) is 15.9. The van der Waals surface area contributed by atoms with Crippen LogP contribution < -0.4 is 14.8 Å². The molecule has 5 nitrogen and oxygen atoms in total. The smallest absolute Gasteiger partial charge is 0.264 e. The highest BCUT2D eigenvalue weighted by molar-refractivity contribution is 9.10. The minimum absolute atomic E-state index is 0.135.